The van der Waals surface area contributed by atoms with Crippen molar-refractivity contribution in [1.29, 1.82) is 0 Å². The van der Waals surface area contributed by atoms with Crippen molar-refractivity contribution >= 4 is 5.97 Å². The van der Waals surface area contributed by atoms with Crippen LogP contribution in [0.1, 0.15) is 105 Å². The Kier molecular flexibility index (Phi) is 20.1. The van der Waals surface area contributed by atoms with Gasteiger partial charge in [-0.25, -0.2) is 0 Å². The van der Waals surface area contributed by atoms with Crippen molar-refractivity contribution in [2.75, 3.05) is 26.2 Å². The van der Waals surface area contributed by atoms with Crippen LogP contribution in [0.25, 0.3) is 0 Å². The van der Waals surface area contributed by atoms with Gasteiger partial charge in [-0.1, -0.05) is 66.7 Å². The monoisotopic (exact) mass is 343 g/mol. The van der Waals surface area contributed by atoms with E-state index < -0.39 is 5.97 Å². The molecule has 0 unspecified atom stereocenters. The highest BCUT2D eigenvalue weighted by Crippen LogP contribution is 2.12. The largest absolute Gasteiger partial charge is 0.550 e. The highest BCUT2D eigenvalue weighted by Gasteiger charge is 2.22. The Morgan fingerprint density at radius 1 is 0.625 bits per heavy atom. The summed E-state index contributed by atoms with van der Waals surface area (Å²) in [4.78, 5) is 9.98. The smallest absolute Gasteiger partial charge is 0.0783 e. The number of carbonyl (C=O) groups is 1. The molecule has 0 bridgehead atoms. The van der Waals surface area contributed by atoms with Crippen LogP contribution in [0.15, 0.2) is 0 Å². The molecule has 0 saturated heterocycles. The first kappa shape index (κ1) is 25.7. The second kappa shape index (κ2) is 18.8. The number of rotatable bonds is 15. The van der Waals surface area contributed by atoms with Crippen LogP contribution in [0.4, 0.5) is 0 Å². The van der Waals surface area contributed by atoms with Crippen LogP contribution in [-0.4, -0.2) is 36.6 Å². The summed E-state index contributed by atoms with van der Waals surface area (Å²) in [7, 11) is 0. The Balaban J connectivity index is 0. The summed E-state index contributed by atoms with van der Waals surface area (Å²) in [6, 6.07) is 0. The van der Waals surface area contributed by atoms with Gasteiger partial charge in [-0.2, -0.15) is 0 Å². The Hall–Kier alpha value is -0.570. The highest BCUT2D eigenvalue weighted by molar-refractivity contribution is 5.63. The van der Waals surface area contributed by atoms with E-state index in [-0.39, 0.29) is 6.42 Å². The molecule has 0 aromatic rings. The Morgan fingerprint density at radius 2 is 1.00 bits per heavy atom. The van der Waals surface area contributed by atoms with Gasteiger partial charge in [0, 0.05) is 5.97 Å². The van der Waals surface area contributed by atoms with Gasteiger partial charge in [0.25, 0.3) is 0 Å². The van der Waals surface area contributed by atoms with Gasteiger partial charge in [0.1, 0.15) is 0 Å². The summed E-state index contributed by atoms with van der Waals surface area (Å²) in [5, 5.41) is 9.98. The fourth-order valence-corrected chi connectivity index (χ4v) is 3.62. The van der Waals surface area contributed by atoms with Gasteiger partial charge in [-0.15, -0.1) is 0 Å². The first-order chi connectivity index (χ1) is 11.5. The van der Waals surface area contributed by atoms with Gasteiger partial charge in [-0.3, -0.25) is 0 Å². The molecule has 0 spiro atoms. The lowest BCUT2D eigenvalue weighted by Gasteiger charge is -2.38. The van der Waals surface area contributed by atoms with Gasteiger partial charge in [0.05, 0.1) is 26.2 Å². The maximum absolute atomic E-state index is 9.98. The van der Waals surface area contributed by atoms with E-state index in [0.717, 1.165) is 12.8 Å². The van der Waals surface area contributed by atoms with Crippen LogP contribution >= 0.6 is 0 Å². The third kappa shape index (κ3) is 16.3. The van der Waals surface area contributed by atoms with Crippen LogP contribution in [0.5, 0.6) is 0 Å². The minimum absolute atomic E-state index is 0.228. The maximum atomic E-state index is 9.98. The Bertz CT molecular complexity index is 237. The molecule has 0 amide bonds. The second-order valence-corrected chi connectivity index (χ2v) is 7.13. The molecule has 0 N–H and O–H groups in total. The lowest BCUT2D eigenvalue weighted by atomic mass is 10.1. The molecule has 0 radical (unpaired) electrons. The standard InChI is InChI=1S/C12H28N.C9H18O2/c1-5-9-13(10-6-2,11-7-3)12-8-4;1-2-3-4-5-6-7-8-9(10)11/h5-12H2,1-4H3;2-8H2,1H3,(H,10,11)/q+1;/p-1. The van der Waals surface area contributed by atoms with E-state index in [0.29, 0.717) is 0 Å². The molecule has 146 valence electrons. The quantitative estimate of drug-likeness (QED) is 0.312. The van der Waals surface area contributed by atoms with E-state index in [1.807, 2.05) is 0 Å². The van der Waals surface area contributed by atoms with Gasteiger partial charge >= 0.3 is 0 Å². The minimum atomic E-state index is -0.916. The topological polar surface area (TPSA) is 40.1 Å². The number of quaternary nitrogens is 1. The molecular formula is C21H45NO2. The van der Waals surface area contributed by atoms with E-state index in [4.69, 9.17) is 0 Å². The summed E-state index contributed by atoms with van der Waals surface area (Å²) in [6.45, 7) is 17.0. The van der Waals surface area contributed by atoms with Crippen molar-refractivity contribution in [3.05, 3.63) is 0 Å². The van der Waals surface area contributed by atoms with Crippen LogP contribution in [0.2, 0.25) is 0 Å². The SMILES string of the molecule is CCCCCCCCC(=O)[O-].CCC[N+](CCC)(CCC)CCC. The number of carbonyl (C=O) groups excluding carboxylic acids is 1. The van der Waals surface area contributed by atoms with Crippen molar-refractivity contribution in [1.82, 2.24) is 0 Å². The fourth-order valence-electron chi connectivity index (χ4n) is 3.62. The molecule has 0 heterocycles. The molecule has 3 heteroatoms. The highest BCUT2D eigenvalue weighted by atomic mass is 16.4. The lowest BCUT2D eigenvalue weighted by molar-refractivity contribution is -0.928. The molecule has 0 aliphatic rings. The normalized spacial score (nSPS) is 11.0. The van der Waals surface area contributed by atoms with Crippen molar-refractivity contribution in [2.24, 2.45) is 0 Å². The minimum Gasteiger partial charge on any atom is -0.550 e. The Morgan fingerprint density at radius 3 is 1.33 bits per heavy atom. The number of nitrogens with zero attached hydrogens (tertiary/aromatic N) is 1. The van der Waals surface area contributed by atoms with E-state index in [9.17, 15) is 9.90 Å². The molecule has 0 fully saturated rings. The van der Waals surface area contributed by atoms with E-state index >= 15 is 0 Å². The van der Waals surface area contributed by atoms with E-state index in [1.165, 1.54) is 82.0 Å². The van der Waals surface area contributed by atoms with Crippen LogP contribution in [0, 0.1) is 0 Å². The summed E-state index contributed by atoms with van der Waals surface area (Å²) in [5.74, 6) is -0.916. The van der Waals surface area contributed by atoms with E-state index in [2.05, 4.69) is 34.6 Å². The predicted octanol–water partition coefficient (Wildman–Crippen LogP) is 4.93. The number of aliphatic carboxylic acids is 1. The van der Waals surface area contributed by atoms with Crippen molar-refractivity contribution < 1.29 is 14.4 Å². The zero-order valence-electron chi connectivity index (χ0n) is 17.4. The molecular weight excluding hydrogens is 298 g/mol. The molecule has 0 aromatic carbocycles. The summed E-state index contributed by atoms with van der Waals surface area (Å²) < 4.78 is 1.38. The second-order valence-electron chi connectivity index (χ2n) is 7.13. The fraction of sp³-hybridized carbons (Fsp3) is 0.952. The third-order valence-corrected chi connectivity index (χ3v) is 4.53. The molecule has 0 aliphatic heterocycles. The van der Waals surface area contributed by atoms with Crippen molar-refractivity contribution in [3.8, 4) is 0 Å². The van der Waals surface area contributed by atoms with Gasteiger partial charge < -0.3 is 14.4 Å². The number of carboxylic acids is 1. The summed E-state index contributed by atoms with van der Waals surface area (Å²) in [5.41, 5.74) is 0. The van der Waals surface area contributed by atoms with Crippen LogP contribution < -0.4 is 5.11 Å². The lowest BCUT2D eigenvalue weighted by Crippen LogP contribution is -2.50. The zero-order valence-corrected chi connectivity index (χ0v) is 17.4. The number of carboxylic acid groups (broad SMARTS) is 1. The zero-order chi connectivity index (χ0) is 18.7. The molecule has 0 aromatic heterocycles. The average molecular weight is 344 g/mol. The molecule has 0 atom stereocenters. The molecule has 0 aliphatic carbocycles. The summed E-state index contributed by atoms with van der Waals surface area (Å²) in [6.07, 6.45) is 12.3. The molecule has 0 rings (SSSR count). The van der Waals surface area contributed by atoms with Crippen LogP contribution in [-0.2, 0) is 4.79 Å². The molecule has 24 heavy (non-hydrogen) atoms. The number of unbranched alkanes of at least 4 members (excludes halogenated alkanes) is 5. The first-order valence-corrected chi connectivity index (χ1v) is 10.6. The van der Waals surface area contributed by atoms with Gasteiger partial charge in [-0.05, 0) is 38.5 Å². The molecule has 0 saturated carbocycles. The predicted molar refractivity (Wildman–Crippen MR) is 104 cm³/mol. The summed E-state index contributed by atoms with van der Waals surface area (Å²) >= 11 is 0. The van der Waals surface area contributed by atoms with Crippen molar-refractivity contribution in [2.45, 2.75) is 105 Å². The van der Waals surface area contributed by atoms with Gasteiger partial charge in [0.2, 0.25) is 0 Å². The maximum Gasteiger partial charge on any atom is 0.0783 e. The van der Waals surface area contributed by atoms with E-state index in [1.54, 1.807) is 0 Å². The van der Waals surface area contributed by atoms with Gasteiger partial charge in [0.15, 0.2) is 0 Å². The van der Waals surface area contributed by atoms with Crippen molar-refractivity contribution in [3.63, 3.8) is 0 Å². The average Bonchev–Trinajstić information content (AvgIpc) is 2.52. The first-order valence-electron chi connectivity index (χ1n) is 10.6. The Labute approximate surface area is 152 Å². The van der Waals surface area contributed by atoms with Crippen LogP contribution in [0.3, 0.4) is 0 Å². The number of hydrogen-bond acceptors (Lipinski definition) is 2. The third-order valence-electron chi connectivity index (χ3n) is 4.53. The number of hydrogen-bond donors (Lipinski definition) is 0. The molecule has 3 nitrogen and oxygen atoms in total.